The predicted octanol–water partition coefficient (Wildman–Crippen LogP) is 2.90. The molecular weight excluding hydrogens is 370 g/mol. The first-order valence-corrected chi connectivity index (χ1v) is 9.05. The zero-order valence-corrected chi connectivity index (χ0v) is 15.2. The average Bonchev–Trinajstić information content (AvgIpc) is 3.12. The van der Waals surface area contributed by atoms with Crippen molar-refractivity contribution < 1.29 is 9.53 Å². The Hall–Kier alpha value is -1.66. The van der Waals surface area contributed by atoms with Crippen LogP contribution in [0.3, 0.4) is 0 Å². The van der Waals surface area contributed by atoms with Gasteiger partial charge in [-0.1, -0.05) is 28.1 Å². The van der Waals surface area contributed by atoms with Crippen molar-refractivity contribution in [1.82, 2.24) is 15.1 Å². The Balaban J connectivity index is 1.63. The molecule has 1 N–H and O–H groups in total. The maximum absolute atomic E-state index is 12.2. The highest BCUT2D eigenvalue weighted by Gasteiger charge is 2.34. The van der Waals surface area contributed by atoms with Crippen LogP contribution in [0.15, 0.2) is 47.2 Å². The number of ether oxygens (including phenoxy) is 1. The highest BCUT2D eigenvalue weighted by Crippen LogP contribution is 2.35. The van der Waals surface area contributed by atoms with Crippen LogP contribution in [-0.4, -0.2) is 35.4 Å². The number of amides is 1. The standard InChI is InChI=1S/C18H22BrN3O2/c19-16-4-1-3-15(13-16)18(6-11-24-12-7-18)14-20-17(23)5-10-22-9-2-8-21-22/h1-4,8-9,13H,5-7,10-12,14H2,(H,20,23). The van der Waals surface area contributed by atoms with Crippen LogP contribution in [0.25, 0.3) is 0 Å². The normalized spacial score (nSPS) is 16.7. The lowest BCUT2D eigenvalue weighted by Gasteiger charge is -2.38. The van der Waals surface area contributed by atoms with Gasteiger partial charge in [-0.15, -0.1) is 0 Å². The third kappa shape index (κ3) is 4.24. The summed E-state index contributed by atoms with van der Waals surface area (Å²) < 4.78 is 8.39. The van der Waals surface area contributed by atoms with Crippen LogP contribution in [0.1, 0.15) is 24.8 Å². The molecule has 0 saturated carbocycles. The van der Waals surface area contributed by atoms with Crippen LogP contribution in [0, 0.1) is 0 Å². The molecular formula is C18H22BrN3O2. The summed E-state index contributed by atoms with van der Waals surface area (Å²) in [5.41, 5.74) is 1.20. The molecule has 0 bridgehead atoms. The quantitative estimate of drug-likeness (QED) is 0.823. The van der Waals surface area contributed by atoms with Crippen molar-refractivity contribution in [3.8, 4) is 0 Å². The highest BCUT2D eigenvalue weighted by molar-refractivity contribution is 9.10. The van der Waals surface area contributed by atoms with E-state index in [0.717, 1.165) is 30.5 Å². The fourth-order valence-electron chi connectivity index (χ4n) is 3.15. The van der Waals surface area contributed by atoms with E-state index in [1.54, 1.807) is 10.9 Å². The van der Waals surface area contributed by atoms with E-state index in [-0.39, 0.29) is 11.3 Å². The third-order valence-corrected chi connectivity index (χ3v) is 5.13. The maximum Gasteiger partial charge on any atom is 0.221 e. The lowest BCUT2D eigenvalue weighted by molar-refractivity contribution is -0.121. The van der Waals surface area contributed by atoms with Gasteiger partial charge in [0.05, 0.1) is 0 Å². The van der Waals surface area contributed by atoms with Gasteiger partial charge < -0.3 is 10.1 Å². The number of benzene rings is 1. The lowest BCUT2D eigenvalue weighted by atomic mass is 9.74. The van der Waals surface area contributed by atoms with Gasteiger partial charge in [0.2, 0.25) is 5.91 Å². The van der Waals surface area contributed by atoms with Crippen molar-refractivity contribution in [2.24, 2.45) is 0 Å². The van der Waals surface area contributed by atoms with Gasteiger partial charge in [0.15, 0.2) is 0 Å². The molecule has 1 aliphatic heterocycles. The summed E-state index contributed by atoms with van der Waals surface area (Å²) in [6.45, 7) is 2.71. The topological polar surface area (TPSA) is 56.2 Å². The second-order valence-corrected chi connectivity index (χ2v) is 7.11. The molecule has 0 spiro atoms. The van der Waals surface area contributed by atoms with E-state index in [4.69, 9.17) is 4.74 Å². The number of nitrogens with one attached hydrogen (secondary N) is 1. The molecule has 1 aliphatic rings. The zero-order chi connectivity index (χ0) is 16.8. The first-order valence-electron chi connectivity index (χ1n) is 8.26. The Labute approximate surface area is 150 Å². The van der Waals surface area contributed by atoms with Gasteiger partial charge in [-0.3, -0.25) is 9.48 Å². The molecule has 2 aromatic rings. The van der Waals surface area contributed by atoms with Crippen molar-refractivity contribution in [3.05, 3.63) is 52.8 Å². The van der Waals surface area contributed by atoms with Crippen molar-refractivity contribution in [2.75, 3.05) is 19.8 Å². The van der Waals surface area contributed by atoms with E-state index in [0.29, 0.717) is 19.5 Å². The molecule has 24 heavy (non-hydrogen) atoms. The Morgan fingerprint density at radius 1 is 1.33 bits per heavy atom. The molecule has 2 heterocycles. The Bertz CT molecular complexity index is 667. The van der Waals surface area contributed by atoms with Gasteiger partial charge in [-0.2, -0.15) is 5.10 Å². The number of carbonyl (C=O) groups is 1. The van der Waals surface area contributed by atoms with Gasteiger partial charge in [0.25, 0.3) is 0 Å². The number of aromatic nitrogens is 2. The summed E-state index contributed by atoms with van der Waals surface area (Å²) in [5, 5.41) is 7.25. The molecule has 128 valence electrons. The molecule has 1 fully saturated rings. The minimum absolute atomic E-state index is 0.0522. The van der Waals surface area contributed by atoms with E-state index in [9.17, 15) is 4.79 Å². The van der Waals surface area contributed by atoms with Crippen molar-refractivity contribution >= 4 is 21.8 Å². The number of aryl methyl sites for hydroxylation is 1. The number of halogens is 1. The van der Waals surface area contributed by atoms with Gasteiger partial charge in [-0.25, -0.2) is 0 Å². The van der Waals surface area contributed by atoms with Gasteiger partial charge in [0, 0.05) is 55.0 Å². The van der Waals surface area contributed by atoms with Crippen LogP contribution < -0.4 is 5.32 Å². The monoisotopic (exact) mass is 391 g/mol. The van der Waals surface area contributed by atoms with Crippen molar-refractivity contribution in [2.45, 2.75) is 31.2 Å². The molecule has 1 amide bonds. The van der Waals surface area contributed by atoms with Crippen LogP contribution >= 0.6 is 15.9 Å². The number of hydrogen-bond acceptors (Lipinski definition) is 3. The second-order valence-electron chi connectivity index (χ2n) is 6.20. The molecule has 0 radical (unpaired) electrons. The number of rotatable bonds is 6. The first-order chi connectivity index (χ1) is 11.7. The lowest BCUT2D eigenvalue weighted by Crippen LogP contribution is -2.44. The SMILES string of the molecule is O=C(CCn1cccn1)NCC1(c2cccc(Br)c2)CCOCC1. The first kappa shape index (κ1) is 17.2. The minimum Gasteiger partial charge on any atom is -0.381 e. The van der Waals surface area contributed by atoms with Crippen LogP contribution in [-0.2, 0) is 21.5 Å². The smallest absolute Gasteiger partial charge is 0.221 e. The summed E-state index contributed by atoms with van der Waals surface area (Å²) in [5.74, 6) is 0.0614. The predicted molar refractivity (Wildman–Crippen MR) is 95.7 cm³/mol. The van der Waals surface area contributed by atoms with Crippen LogP contribution in [0.4, 0.5) is 0 Å². The summed E-state index contributed by atoms with van der Waals surface area (Å²) in [6.07, 6.45) is 5.87. The summed E-state index contributed by atoms with van der Waals surface area (Å²) in [4.78, 5) is 12.2. The molecule has 0 atom stereocenters. The second kappa shape index (κ2) is 7.94. The Morgan fingerprint density at radius 3 is 2.88 bits per heavy atom. The third-order valence-electron chi connectivity index (χ3n) is 4.64. The Kier molecular flexibility index (Phi) is 5.68. The fraction of sp³-hybridized carbons (Fsp3) is 0.444. The van der Waals surface area contributed by atoms with Gasteiger partial charge in [0.1, 0.15) is 0 Å². The largest absolute Gasteiger partial charge is 0.381 e. The Morgan fingerprint density at radius 2 is 2.17 bits per heavy atom. The van der Waals surface area contributed by atoms with E-state index in [1.807, 2.05) is 18.3 Å². The summed E-state index contributed by atoms with van der Waals surface area (Å²) >= 11 is 3.55. The molecule has 1 saturated heterocycles. The number of hydrogen-bond donors (Lipinski definition) is 1. The van der Waals surface area contributed by atoms with E-state index < -0.39 is 0 Å². The van der Waals surface area contributed by atoms with E-state index in [1.165, 1.54) is 5.56 Å². The van der Waals surface area contributed by atoms with Gasteiger partial charge >= 0.3 is 0 Å². The molecule has 5 nitrogen and oxygen atoms in total. The van der Waals surface area contributed by atoms with Crippen molar-refractivity contribution in [3.63, 3.8) is 0 Å². The zero-order valence-electron chi connectivity index (χ0n) is 13.6. The fourth-order valence-corrected chi connectivity index (χ4v) is 3.55. The van der Waals surface area contributed by atoms with Crippen LogP contribution in [0.5, 0.6) is 0 Å². The molecule has 1 aromatic heterocycles. The van der Waals surface area contributed by atoms with Crippen molar-refractivity contribution in [1.29, 1.82) is 0 Å². The molecule has 0 unspecified atom stereocenters. The summed E-state index contributed by atoms with van der Waals surface area (Å²) in [7, 11) is 0. The maximum atomic E-state index is 12.2. The molecule has 1 aromatic carbocycles. The average molecular weight is 392 g/mol. The van der Waals surface area contributed by atoms with Gasteiger partial charge in [-0.05, 0) is 36.6 Å². The highest BCUT2D eigenvalue weighted by atomic mass is 79.9. The summed E-state index contributed by atoms with van der Waals surface area (Å²) in [6, 6.07) is 10.2. The number of carbonyl (C=O) groups excluding carboxylic acids is 1. The van der Waals surface area contributed by atoms with E-state index in [2.05, 4.69) is 44.5 Å². The molecule has 0 aliphatic carbocycles. The number of nitrogens with zero attached hydrogens (tertiary/aromatic N) is 2. The molecule has 3 rings (SSSR count). The van der Waals surface area contributed by atoms with E-state index >= 15 is 0 Å². The molecule has 6 heteroatoms. The van der Waals surface area contributed by atoms with Crippen LogP contribution in [0.2, 0.25) is 0 Å². The minimum atomic E-state index is -0.0522.